The van der Waals surface area contributed by atoms with Gasteiger partial charge in [-0.15, -0.1) is 0 Å². The number of benzene rings is 5. The molecule has 0 saturated heterocycles. The molecule has 4 heteroatoms. The average molecular weight is 875 g/mol. The predicted molar refractivity (Wildman–Crippen MR) is 284 cm³/mol. The first-order valence-electron chi connectivity index (χ1n) is 25.7. The molecule has 66 heavy (non-hydrogen) atoms. The van der Waals surface area contributed by atoms with E-state index in [9.17, 15) is 0 Å². The Kier molecular flexibility index (Phi) is 9.58. The summed E-state index contributed by atoms with van der Waals surface area (Å²) in [6.45, 7) is 33.7. The average Bonchev–Trinajstić information content (AvgIpc) is 3.64. The summed E-state index contributed by atoms with van der Waals surface area (Å²) in [5.74, 6) is 0.524. The summed E-state index contributed by atoms with van der Waals surface area (Å²) in [6, 6.07) is 34.8. The van der Waals surface area contributed by atoms with Gasteiger partial charge in [0.25, 0.3) is 6.71 Å². The van der Waals surface area contributed by atoms with Crippen molar-refractivity contribution in [2.75, 3.05) is 9.80 Å². The first-order chi connectivity index (χ1) is 30.9. The molecule has 11 rings (SSSR count). The van der Waals surface area contributed by atoms with Crippen LogP contribution in [-0.4, -0.2) is 6.71 Å². The van der Waals surface area contributed by atoms with E-state index in [1.807, 2.05) is 0 Å². The highest BCUT2D eigenvalue weighted by atomic mass is 16.3. The van der Waals surface area contributed by atoms with Crippen molar-refractivity contribution in [1.29, 1.82) is 0 Å². The van der Waals surface area contributed by atoms with E-state index < -0.39 is 0 Å². The van der Waals surface area contributed by atoms with Gasteiger partial charge >= 0.3 is 0 Å². The quantitative estimate of drug-likeness (QED) is 0.165. The maximum Gasteiger partial charge on any atom is 0.297 e. The van der Waals surface area contributed by atoms with E-state index in [1.54, 1.807) is 0 Å². The van der Waals surface area contributed by atoms with Gasteiger partial charge in [0.1, 0.15) is 5.58 Å². The smallest absolute Gasteiger partial charge is 0.297 e. The Morgan fingerprint density at radius 3 is 1.65 bits per heavy atom. The van der Waals surface area contributed by atoms with Gasteiger partial charge in [-0.05, 0) is 181 Å². The predicted octanol–water partition coefficient (Wildman–Crippen LogP) is 15.9. The molecule has 342 valence electrons. The molecule has 0 atom stereocenters. The molecule has 0 bridgehead atoms. The van der Waals surface area contributed by atoms with Crippen molar-refractivity contribution in [2.24, 2.45) is 0 Å². The normalized spacial score (nSPS) is 20.4. The Labute approximate surface area is 397 Å². The number of hydrogen-bond acceptors (Lipinski definition) is 3. The standard InChI is InChI=1S/C62H75BN2O/c1-57(2,3)40-20-23-42(24-21-40)64-50-27-22-41(58(4,5)6)34-49(50)63-54-51(64)32-39(38-18-16-15-17-19-38)33-52(54)65(43-25-26-45-46(35-43)60(9,10)29-28-59(45,7)8)55-44-36-47-48(37-53(44)66-56(55)63)62(13,14)31-30-61(47,11)12/h20-27,32-38H,15-19,28-31H2,1-14H3. The second-order valence-electron chi connectivity index (χ2n) is 26.2. The number of nitrogens with zero attached hydrogens (tertiary/aromatic N) is 2. The lowest BCUT2D eigenvalue weighted by molar-refractivity contribution is 0.332. The molecule has 5 aromatic carbocycles. The molecule has 0 amide bonds. The SMILES string of the molecule is CC(C)(C)c1ccc(N2c3ccc(C(C)(C)C)cc3B3c4oc5cc6c(cc5c4N(c4ccc5c(c4)C(C)(C)CCC5(C)C)c4cc(C5CCCCC5)cc2c43)C(C)(C)CCC6(C)C)cc1. The summed E-state index contributed by atoms with van der Waals surface area (Å²) in [5, 5.41) is 1.25. The maximum atomic E-state index is 7.67. The zero-order valence-corrected chi connectivity index (χ0v) is 42.9. The highest BCUT2D eigenvalue weighted by Crippen LogP contribution is 2.54. The highest BCUT2D eigenvalue weighted by molar-refractivity contribution is 7.00. The summed E-state index contributed by atoms with van der Waals surface area (Å²) in [4.78, 5) is 5.33. The van der Waals surface area contributed by atoms with Crippen LogP contribution in [0, 0.1) is 0 Å². The van der Waals surface area contributed by atoms with E-state index in [0.29, 0.717) is 5.92 Å². The Morgan fingerprint density at radius 1 is 0.515 bits per heavy atom. The number of fused-ring (bicyclic) bond motifs is 8. The number of furan rings is 1. The van der Waals surface area contributed by atoms with Gasteiger partial charge < -0.3 is 14.2 Å². The molecule has 2 aliphatic heterocycles. The van der Waals surface area contributed by atoms with Gasteiger partial charge in [-0.1, -0.05) is 147 Å². The van der Waals surface area contributed by atoms with Crippen molar-refractivity contribution in [3.8, 4) is 0 Å². The van der Waals surface area contributed by atoms with Crippen molar-refractivity contribution in [2.45, 2.75) is 193 Å². The van der Waals surface area contributed by atoms with Crippen LogP contribution in [0.3, 0.4) is 0 Å². The van der Waals surface area contributed by atoms with Crippen LogP contribution >= 0.6 is 0 Å². The van der Waals surface area contributed by atoms with Crippen LogP contribution in [0.2, 0.25) is 0 Å². The fraction of sp³-hybridized carbons (Fsp3) is 0.484. The lowest BCUT2D eigenvalue weighted by atomic mass is 9.35. The van der Waals surface area contributed by atoms with Crippen molar-refractivity contribution in [3.05, 3.63) is 124 Å². The lowest BCUT2D eigenvalue weighted by Gasteiger charge is -2.45. The van der Waals surface area contributed by atoms with Crippen LogP contribution in [0.25, 0.3) is 11.0 Å². The molecule has 6 aromatic rings. The number of anilines is 6. The second kappa shape index (κ2) is 14.4. The van der Waals surface area contributed by atoms with Gasteiger partial charge in [0.15, 0.2) is 0 Å². The molecular formula is C62H75BN2O. The van der Waals surface area contributed by atoms with E-state index in [-0.39, 0.29) is 39.2 Å². The maximum absolute atomic E-state index is 7.67. The lowest BCUT2D eigenvalue weighted by Crippen LogP contribution is -2.61. The molecule has 3 nitrogen and oxygen atoms in total. The van der Waals surface area contributed by atoms with Crippen LogP contribution < -0.4 is 26.4 Å². The van der Waals surface area contributed by atoms with Gasteiger partial charge in [-0.25, -0.2) is 0 Å². The fourth-order valence-electron chi connectivity index (χ4n) is 13.1. The molecule has 3 aliphatic carbocycles. The molecule has 5 aliphatic rings. The summed E-state index contributed by atoms with van der Waals surface area (Å²) >= 11 is 0. The third-order valence-corrected chi connectivity index (χ3v) is 17.7. The monoisotopic (exact) mass is 875 g/mol. The van der Waals surface area contributed by atoms with Crippen LogP contribution in [-0.2, 0) is 32.5 Å². The largest absolute Gasteiger partial charge is 0.468 e. The number of hydrogen-bond donors (Lipinski definition) is 0. The van der Waals surface area contributed by atoms with Crippen LogP contribution in [0.15, 0.2) is 89.3 Å². The van der Waals surface area contributed by atoms with E-state index in [1.165, 1.54) is 147 Å². The summed E-state index contributed by atoms with van der Waals surface area (Å²) in [7, 11) is 0. The number of rotatable bonds is 3. The molecule has 3 heterocycles. The minimum Gasteiger partial charge on any atom is -0.468 e. The molecule has 1 aromatic heterocycles. The first-order valence-corrected chi connectivity index (χ1v) is 25.7. The van der Waals surface area contributed by atoms with Gasteiger partial charge in [0.2, 0.25) is 0 Å². The van der Waals surface area contributed by atoms with E-state index >= 15 is 0 Å². The summed E-state index contributed by atoms with van der Waals surface area (Å²) in [6.07, 6.45) is 11.1. The summed E-state index contributed by atoms with van der Waals surface area (Å²) in [5.41, 5.74) is 22.8. The Balaban J connectivity index is 1.28. The Bertz CT molecular complexity index is 2940. The zero-order valence-electron chi connectivity index (χ0n) is 42.9. The van der Waals surface area contributed by atoms with E-state index in [0.717, 1.165) is 11.2 Å². The molecule has 1 fully saturated rings. The van der Waals surface area contributed by atoms with Gasteiger partial charge in [-0.3, -0.25) is 0 Å². The first kappa shape index (κ1) is 43.8. The third kappa shape index (κ3) is 6.71. The van der Waals surface area contributed by atoms with Crippen LogP contribution in [0.4, 0.5) is 34.1 Å². The molecule has 0 unspecified atom stereocenters. The fourth-order valence-corrected chi connectivity index (χ4v) is 13.1. The molecule has 0 radical (unpaired) electrons. The van der Waals surface area contributed by atoms with Crippen molar-refractivity contribution in [1.82, 2.24) is 0 Å². The second-order valence-corrected chi connectivity index (χ2v) is 26.2. The van der Waals surface area contributed by atoms with Gasteiger partial charge in [0.05, 0.1) is 11.3 Å². The molecule has 0 N–H and O–H groups in total. The minimum atomic E-state index is -0.0810. The molecule has 1 saturated carbocycles. The van der Waals surface area contributed by atoms with Gasteiger partial charge in [-0.2, -0.15) is 0 Å². The van der Waals surface area contributed by atoms with Crippen molar-refractivity contribution < 1.29 is 4.42 Å². The van der Waals surface area contributed by atoms with Crippen molar-refractivity contribution >= 4 is 68.4 Å². The topological polar surface area (TPSA) is 19.6 Å². The molecular weight excluding hydrogens is 800 g/mol. The van der Waals surface area contributed by atoms with Gasteiger partial charge in [0, 0.05) is 33.8 Å². The van der Waals surface area contributed by atoms with Crippen LogP contribution in [0.1, 0.15) is 200 Å². The van der Waals surface area contributed by atoms with Crippen LogP contribution in [0.5, 0.6) is 0 Å². The Morgan fingerprint density at radius 2 is 1.05 bits per heavy atom. The minimum absolute atomic E-state index is 0.0283. The van der Waals surface area contributed by atoms with E-state index in [2.05, 4.69) is 192 Å². The highest BCUT2D eigenvalue weighted by Gasteiger charge is 2.49. The Hall–Kier alpha value is -4.70. The third-order valence-electron chi connectivity index (χ3n) is 17.7. The summed E-state index contributed by atoms with van der Waals surface area (Å²) < 4.78 is 7.67. The van der Waals surface area contributed by atoms with E-state index in [4.69, 9.17) is 4.42 Å². The van der Waals surface area contributed by atoms with Crippen molar-refractivity contribution in [3.63, 3.8) is 0 Å². The zero-order chi connectivity index (χ0) is 46.7. The molecule has 0 spiro atoms.